The summed E-state index contributed by atoms with van der Waals surface area (Å²) in [6.07, 6.45) is 9.77. The molecule has 5 rings (SSSR count). The number of pyridine rings is 1. The largest absolute Gasteiger partial charge is 3.00 e. The molecule has 0 aliphatic carbocycles. The van der Waals surface area contributed by atoms with E-state index in [-0.39, 0.29) is 26.1 Å². The minimum atomic E-state index is 0. The van der Waals surface area contributed by atoms with Crippen molar-refractivity contribution in [2.45, 2.75) is 13.0 Å². The molecule has 1 aliphatic rings. The van der Waals surface area contributed by atoms with Crippen LogP contribution < -0.4 is 0 Å². The summed E-state index contributed by atoms with van der Waals surface area (Å²) in [6.45, 7) is 2.12. The van der Waals surface area contributed by atoms with Gasteiger partial charge in [0.25, 0.3) is 0 Å². The summed E-state index contributed by atoms with van der Waals surface area (Å²) in [7, 11) is 0. The second kappa shape index (κ2) is 12.0. The Morgan fingerprint density at radius 2 is 1.59 bits per heavy atom. The Labute approximate surface area is 204 Å². The summed E-state index contributed by atoms with van der Waals surface area (Å²) in [6, 6.07) is 34.8. The molecule has 2 heterocycles. The summed E-state index contributed by atoms with van der Waals surface area (Å²) < 4.78 is 0. The average molecular weight is 592 g/mol. The van der Waals surface area contributed by atoms with Crippen molar-refractivity contribution >= 4 is 0 Å². The van der Waals surface area contributed by atoms with E-state index in [0.717, 1.165) is 16.8 Å². The minimum Gasteiger partial charge on any atom is -0.683 e. The molecule has 0 N–H and O–H groups in total. The van der Waals surface area contributed by atoms with Gasteiger partial charge in [0, 0.05) is 11.8 Å². The number of hydrogen-bond donors (Lipinski definition) is 0. The number of allylic oxidation sites excluding steroid dienone is 2. The van der Waals surface area contributed by atoms with E-state index in [1.807, 2.05) is 91.3 Å². The molecule has 1 aromatic heterocycles. The van der Waals surface area contributed by atoms with Crippen LogP contribution in [0.3, 0.4) is 0 Å². The molecule has 0 spiro atoms. The molecule has 0 fully saturated rings. The van der Waals surface area contributed by atoms with Crippen LogP contribution in [0.25, 0.3) is 27.7 Å². The van der Waals surface area contributed by atoms with Gasteiger partial charge in [-0.05, 0) is 23.7 Å². The normalized spacial score (nSPS) is 13.8. The summed E-state index contributed by atoms with van der Waals surface area (Å²) >= 11 is 0. The van der Waals surface area contributed by atoms with Gasteiger partial charge in [-0.1, -0.05) is 60.7 Å². The van der Waals surface area contributed by atoms with Crippen molar-refractivity contribution in [2.75, 3.05) is 0 Å². The van der Waals surface area contributed by atoms with Crippen LogP contribution in [-0.2, 0) is 20.1 Å². The van der Waals surface area contributed by atoms with Crippen LogP contribution in [0, 0.1) is 19.1 Å². The van der Waals surface area contributed by atoms with E-state index >= 15 is 0 Å². The molecule has 3 aromatic carbocycles. The van der Waals surface area contributed by atoms with Crippen molar-refractivity contribution in [3.63, 3.8) is 0 Å². The van der Waals surface area contributed by atoms with Gasteiger partial charge in [-0.15, -0.1) is 35.9 Å². The van der Waals surface area contributed by atoms with E-state index in [1.54, 1.807) is 0 Å². The quantitative estimate of drug-likeness (QED) is 0.227. The molecular formula is C29H23IrN2. The van der Waals surface area contributed by atoms with Gasteiger partial charge in [0.2, 0.25) is 0 Å². The molecule has 2 nitrogen and oxygen atoms in total. The van der Waals surface area contributed by atoms with E-state index in [4.69, 9.17) is 0 Å². The number of hydrogen-bond acceptors (Lipinski definition) is 1. The monoisotopic (exact) mass is 592 g/mol. The van der Waals surface area contributed by atoms with Gasteiger partial charge < -0.3 is 10.3 Å². The van der Waals surface area contributed by atoms with Crippen molar-refractivity contribution in [3.05, 3.63) is 144 Å². The SMILES string of the molecule is Cc1cc(-c2[c-]cccc2)ncc1-c1ccccc1.[Ir+3].[c-]1ccccc1C1C=CC=C[N-]1. The number of nitrogens with zero attached hydrogens (tertiary/aromatic N) is 2. The molecule has 0 amide bonds. The van der Waals surface area contributed by atoms with Crippen molar-refractivity contribution < 1.29 is 20.1 Å². The molecule has 158 valence electrons. The van der Waals surface area contributed by atoms with Gasteiger partial charge in [0.1, 0.15) is 0 Å². The Morgan fingerprint density at radius 3 is 2.22 bits per heavy atom. The Bertz CT molecular complexity index is 1150. The summed E-state index contributed by atoms with van der Waals surface area (Å²) in [5.74, 6) is 0. The van der Waals surface area contributed by atoms with Crippen molar-refractivity contribution in [1.29, 1.82) is 0 Å². The fourth-order valence-corrected chi connectivity index (χ4v) is 3.36. The molecule has 1 unspecified atom stereocenters. The molecule has 32 heavy (non-hydrogen) atoms. The molecule has 1 atom stereocenters. The summed E-state index contributed by atoms with van der Waals surface area (Å²) in [4.78, 5) is 4.55. The van der Waals surface area contributed by atoms with Crippen molar-refractivity contribution in [2.24, 2.45) is 0 Å². The number of benzene rings is 3. The molecule has 0 bridgehead atoms. The number of rotatable bonds is 3. The van der Waals surface area contributed by atoms with Crippen LogP contribution in [0.2, 0.25) is 0 Å². The zero-order valence-electron chi connectivity index (χ0n) is 17.8. The molecule has 0 radical (unpaired) electrons. The van der Waals surface area contributed by atoms with E-state index in [0.29, 0.717) is 0 Å². The molecular weight excluding hydrogens is 569 g/mol. The van der Waals surface area contributed by atoms with Crippen LogP contribution in [0.1, 0.15) is 17.2 Å². The van der Waals surface area contributed by atoms with Crippen LogP contribution in [-0.4, -0.2) is 4.98 Å². The average Bonchev–Trinajstić information content (AvgIpc) is 2.86. The van der Waals surface area contributed by atoms with Gasteiger partial charge in [0.15, 0.2) is 0 Å². The van der Waals surface area contributed by atoms with Gasteiger partial charge in [-0.2, -0.15) is 42.1 Å². The Balaban J connectivity index is 0.000000193. The Kier molecular flexibility index (Phi) is 8.74. The smallest absolute Gasteiger partial charge is 0.683 e. The third kappa shape index (κ3) is 6.13. The van der Waals surface area contributed by atoms with Crippen LogP contribution >= 0.6 is 0 Å². The summed E-state index contributed by atoms with van der Waals surface area (Å²) in [5, 5.41) is 4.30. The van der Waals surface area contributed by atoms with E-state index < -0.39 is 0 Å². The van der Waals surface area contributed by atoms with E-state index in [9.17, 15) is 0 Å². The maximum absolute atomic E-state index is 4.55. The first kappa shape index (κ1) is 23.4. The zero-order valence-corrected chi connectivity index (χ0v) is 20.2. The first-order valence-electron chi connectivity index (χ1n) is 10.3. The first-order valence-corrected chi connectivity index (χ1v) is 10.3. The standard InChI is InChI=1S/C18H14N.C11H9N.Ir/c1-14-12-18(16-10-6-3-7-11-16)19-13-17(14)15-8-4-2-5-9-15;1-2-6-10(7-3-1)11-8-4-5-9-12-11;/h2-10,12-13H,1H3;1-6,8-9,11H;/q-1;-2;+3. The predicted octanol–water partition coefficient (Wildman–Crippen LogP) is 7.51. The van der Waals surface area contributed by atoms with Gasteiger partial charge in [0.05, 0.1) is 0 Å². The molecule has 1 aliphatic heterocycles. The maximum Gasteiger partial charge on any atom is 3.00 e. The van der Waals surface area contributed by atoms with Crippen LogP contribution in [0.4, 0.5) is 0 Å². The first-order chi connectivity index (χ1) is 15.3. The van der Waals surface area contributed by atoms with E-state index in [2.05, 4.69) is 53.6 Å². The molecule has 0 saturated carbocycles. The van der Waals surface area contributed by atoms with Crippen LogP contribution in [0.5, 0.6) is 0 Å². The fraction of sp³-hybridized carbons (Fsp3) is 0.0690. The fourth-order valence-electron chi connectivity index (χ4n) is 3.36. The molecule has 4 aromatic rings. The maximum atomic E-state index is 4.55. The van der Waals surface area contributed by atoms with Gasteiger partial charge >= 0.3 is 20.1 Å². The predicted molar refractivity (Wildman–Crippen MR) is 128 cm³/mol. The number of aromatic nitrogens is 1. The second-order valence-corrected chi connectivity index (χ2v) is 7.16. The Hall–Kier alpha value is -3.26. The van der Waals surface area contributed by atoms with Crippen molar-refractivity contribution in [1.82, 2.24) is 4.98 Å². The third-order valence-corrected chi connectivity index (χ3v) is 4.97. The minimum absolute atomic E-state index is 0. The third-order valence-electron chi connectivity index (χ3n) is 4.97. The van der Waals surface area contributed by atoms with Crippen molar-refractivity contribution in [3.8, 4) is 22.4 Å². The van der Waals surface area contributed by atoms with Gasteiger partial charge in [-0.3, -0.25) is 0 Å². The summed E-state index contributed by atoms with van der Waals surface area (Å²) in [5.41, 5.74) is 6.74. The second-order valence-electron chi connectivity index (χ2n) is 7.16. The van der Waals surface area contributed by atoms with Gasteiger partial charge in [-0.25, -0.2) is 0 Å². The van der Waals surface area contributed by atoms with E-state index in [1.165, 1.54) is 16.7 Å². The zero-order chi connectivity index (χ0) is 21.3. The topological polar surface area (TPSA) is 27.0 Å². The molecule has 3 heteroatoms. The number of aryl methyl sites for hydroxylation is 1. The molecule has 0 saturated heterocycles. The Morgan fingerprint density at radius 1 is 0.844 bits per heavy atom. The van der Waals surface area contributed by atoms with Crippen LogP contribution in [0.15, 0.2) is 116 Å².